The van der Waals surface area contributed by atoms with Crippen LogP contribution in [0.15, 0.2) is 73.1 Å². The number of hydrogen-bond acceptors (Lipinski definition) is 7. The number of carbonyl (C=O) groups excluding carboxylic acids is 1. The fraction of sp³-hybridized carbons (Fsp3) is 0.136. The average Bonchev–Trinajstić information content (AvgIpc) is 3.20. The Hall–Kier alpha value is -4.27. The monoisotopic (exact) mass is 414 g/mol. The van der Waals surface area contributed by atoms with Crippen LogP contribution in [0.4, 0.5) is 17.5 Å². The first kappa shape index (κ1) is 20.0. The minimum atomic E-state index is -0.164. The maximum Gasteiger partial charge on any atom is 0.254 e. The van der Waals surface area contributed by atoms with E-state index in [2.05, 4.69) is 36.2 Å². The van der Waals surface area contributed by atoms with Crippen LogP contribution in [0.25, 0.3) is 5.69 Å². The summed E-state index contributed by atoms with van der Waals surface area (Å²) in [5.74, 6) is 1.76. The molecule has 1 amide bonds. The van der Waals surface area contributed by atoms with Crippen molar-refractivity contribution in [3.05, 3.63) is 84.3 Å². The summed E-state index contributed by atoms with van der Waals surface area (Å²) < 4.78 is 1.75. The number of nitrogens with one attached hydrogen (secondary N) is 3. The number of aromatic nitrogens is 5. The highest BCUT2D eigenvalue weighted by Gasteiger charge is 2.14. The first-order chi connectivity index (χ1) is 15.2. The van der Waals surface area contributed by atoms with Crippen molar-refractivity contribution in [2.45, 2.75) is 6.92 Å². The van der Waals surface area contributed by atoms with Crippen molar-refractivity contribution in [2.75, 3.05) is 23.7 Å². The number of hydrogen-bond donors (Lipinski definition) is 3. The Kier molecular flexibility index (Phi) is 6.13. The minimum absolute atomic E-state index is 0.164. The predicted octanol–water partition coefficient (Wildman–Crippen LogP) is 2.95. The second kappa shape index (κ2) is 9.49. The quantitative estimate of drug-likeness (QED) is 0.380. The molecule has 9 nitrogen and oxygen atoms in total. The fourth-order valence-electron chi connectivity index (χ4n) is 2.98. The maximum absolute atomic E-state index is 12.5. The molecule has 0 saturated carbocycles. The van der Waals surface area contributed by atoms with Gasteiger partial charge in [-0.05, 0) is 43.3 Å². The van der Waals surface area contributed by atoms with Crippen LogP contribution in [0.2, 0.25) is 0 Å². The zero-order valence-electron chi connectivity index (χ0n) is 17.0. The van der Waals surface area contributed by atoms with Crippen molar-refractivity contribution >= 4 is 23.4 Å². The van der Waals surface area contributed by atoms with Gasteiger partial charge in [0.25, 0.3) is 5.91 Å². The number of rotatable bonds is 8. The highest BCUT2D eigenvalue weighted by Crippen LogP contribution is 2.14. The Balaban J connectivity index is 1.25. The highest BCUT2D eigenvalue weighted by molar-refractivity contribution is 5.95. The average molecular weight is 414 g/mol. The molecule has 0 aliphatic rings. The summed E-state index contributed by atoms with van der Waals surface area (Å²) in [4.78, 5) is 16.7. The molecule has 4 rings (SSSR count). The van der Waals surface area contributed by atoms with E-state index in [1.54, 1.807) is 17.1 Å². The Labute approximate surface area is 179 Å². The van der Waals surface area contributed by atoms with Crippen molar-refractivity contribution in [3.63, 3.8) is 0 Å². The lowest BCUT2D eigenvalue weighted by Crippen LogP contribution is -2.29. The zero-order valence-corrected chi connectivity index (χ0v) is 17.0. The molecule has 156 valence electrons. The molecule has 0 unspecified atom stereocenters. The molecule has 1 aromatic carbocycles. The van der Waals surface area contributed by atoms with Gasteiger partial charge in [0, 0.05) is 19.3 Å². The lowest BCUT2D eigenvalue weighted by atomic mass is 10.2. The van der Waals surface area contributed by atoms with Crippen LogP contribution in [0.5, 0.6) is 0 Å². The topological polar surface area (TPSA) is 110 Å². The van der Waals surface area contributed by atoms with Gasteiger partial charge in [0.15, 0.2) is 5.82 Å². The van der Waals surface area contributed by atoms with Crippen LogP contribution in [0.1, 0.15) is 16.1 Å². The zero-order chi connectivity index (χ0) is 21.5. The largest absolute Gasteiger partial charge is 0.367 e. The molecule has 0 saturated heterocycles. The van der Waals surface area contributed by atoms with E-state index in [0.29, 0.717) is 36.1 Å². The summed E-state index contributed by atoms with van der Waals surface area (Å²) in [7, 11) is 0. The van der Waals surface area contributed by atoms with E-state index < -0.39 is 0 Å². The molecule has 0 atom stereocenters. The number of pyridine rings is 1. The van der Waals surface area contributed by atoms with Crippen LogP contribution in [-0.4, -0.2) is 44.0 Å². The lowest BCUT2D eigenvalue weighted by molar-refractivity contribution is 0.0954. The molecule has 0 spiro atoms. The van der Waals surface area contributed by atoms with Crippen LogP contribution in [-0.2, 0) is 0 Å². The van der Waals surface area contributed by atoms with Gasteiger partial charge in [-0.3, -0.25) is 4.79 Å². The molecule has 3 N–H and O–H groups in total. The maximum atomic E-state index is 12.5. The number of amides is 1. The second-order valence-corrected chi connectivity index (χ2v) is 6.72. The Morgan fingerprint density at radius 2 is 1.68 bits per heavy atom. The molecule has 31 heavy (non-hydrogen) atoms. The van der Waals surface area contributed by atoms with E-state index in [9.17, 15) is 4.79 Å². The lowest BCUT2D eigenvalue weighted by Gasteiger charge is -2.08. The summed E-state index contributed by atoms with van der Waals surface area (Å²) in [6, 6.07) is 18.9. The summed E-state index contributed by atoms with van der Waals surface area (Å²) in [6.07, 6.45) is 3.29. The van der Waals surface area contributed by atoms with Crippen LogP contribution in [0, 0.1) is 6.92 Å². The molecular formula is C22H22N8O. The molecule has 9 heteroatoms. The molecule has 0 bridgehead atoms. The van der Waals surface area contributed by atoms with Crippen molar-refractivity contribution in [2.24, 2.45) is 0 Å². The summed E-state index contributed by atoms with van der Waals surface area (Å²) >= 11 is 0. The van der Waals surface area contributed by atoms with E-state index in [-0.39, 0.29) is 5.91 Å². The second-order valence-electron chi connectivity index (χ2n) is 6.72. The number of para-hydroxylation sites is 1. The third kappa shape index (κ3) is 5.02. The number of anilines is 3. The van der Waals surface area contributed by atoms with Crippen LogP contribution < -0.4 is 16.0 Å². The van der Waals surface area contributed by atoms with Crippen LogP contribution in [0.3, 0.4) is 0 Å². The van der Waals surface area contributed by atoms with Crippen molar-refractivity contribution in [1.29, 1.82) is 0 Å². The van der Waals surface area contributed by atoms with E-state index >= 15 is 0 Å². The normalized spacial score (nSPS) is 10.5. The van der Waals surface area contributed by atoms with Gasteiger partial charge in [0.1, 0.15) is 11.6 Å². The van der Waals surface area contributed by atoms with Crippen LogP contribution >= 0.6 is 0 Å². The SMILES string of the molecule is Cc1c(C(=O)NCCNc2ccc(Nc3ccccn3)nn2)cnn1-c1ccccc1. The van der Waals surface area contributed by atoms with Gasteiger partial charge >= 0.3 is 0 Å². The van der Waals surface area contributed by atoms with Gasteiger partial charge in [-0.15, -0.1) is 10.2 Å². The smallest absolute Gasteiger partial charge is 0.254 e. The van der Waals surface area contributed by atoms with Gasteiger partial charge in [-0.2, -0.15) is 5.10 Å². The minimum Gasteiger partial charge on any atom is -0.367 e. The van der Waals surface area contributed by atoms with Crippen molar-refractivity contribution in [3.8, 4) is 5.69 Å². The number of nitrogens with zero attached hydrogens (tertiary/aromatic N) is 5. The number of benzene rings is 1. The van der Waals surface area contributed by atoms with Crippen molar-refractivity contribution < 1.29 is 4.79 Å². The highest BCUT2D eigenvalue weighted by atomic mass is 16.1. The number of carbonyl (C=O) groups is 1. The Bertz CT molecular complexity index is 1130. The molecular weight excluding hydrogens is 392 g/mol. The summed E-state index contributed by atoms with van der Waals surface area (Å²) in [5, 5.41) is 21.7. The first-order valence-corrected chi connectivity index (χ1v) is 9.84. The molecule has 3 heterocycles. The summed E-state index contributed by atoms with van der Waals surface area (Å²) in [5.41, 5.74) is 2.26. The van der Waals surface area contributed by atoms with E-state index in [0.717, 1.165) is 11.4 Å². The van der Waals surface area contributed by atoms with Gasteiger partial charge < -0.3 is 16.0 Å². The molecule has 0 radical (unpaired) electrons. The van der Waals surface area contributed by atoms with E-state index in [1.165, 1.54) is 0 Å². The molecule has 0 aliphatic carbocycles. The van der Waals surface area contributed by atoms with E-state index in [1.807, 2.05) is 67.6 Å². The third-order valence-corrected chi connectivity index (χ3v) is 4.56. The summed E-state index contributed by atoms with van der Waals surface area (Å²) in [6.45, 7) is 2.83. The standard InChI is InChI=1S/C22H22N8O/c1-16-18(15-26-30(16)17-7-3-2-4-8-17)22(31)25-14-13-24-20-10-11-21(29-28-20)27-19-9-5-6-12-23-19/h2-12,15H,13-14H2,1H3,(H,24,28)(H,25,31)(H,23,27,29). The van der Waals surface area contributed by atoms with Gasteiger partial charge in [-0.1, -0.05) is 24.3 Å². The fourth-order valence-corrected chi connectivity index (χ4v) is 2.98. The Morgan fingerprint density at radius 3 is 2.42 bits per heavy atom. The Morgan fingerprint density at radius 1 is 0.903 bits per heavy atom. The van der Waals surface area contributed by atoms with Gasteiger partial charge in [-0.25, -0.2) is 9.67 Å². The van der Waals surface area contributed by atoms with E-state index in [4.69, 9.17) is 0 Å². The molecule has 3 aromatic heterocycles. The van der Waals surface area contributed by atoms with Gasteiger partial charge in [0.2, 0.25) is 0 Å². The molecule has 4 aromatic rings. The van der Waals surface area contributed by atoms with Crippen molar-refractivity contribution in [1.82, 2.24) is 30.3 Å². The third-order valence-electron chi connectivity index (χ3n) is 4.56. The molecule has 0 fully saturated rings. The molecule has 0 aliphatic heterocycles. The predicted molar refractivity (Wildman–Crippen MR) is 119 cm³/mol. The van der Waals surface area contributed by atoms with Gasteiger partial charge in [0.05, 0.1) is 23.1 Å². The first-order valence-electron chi connectivity index (χ1n) is 9.84.